The smallest absolute Gasteiger partial charge is 0.264 e. The summed E-state index contributed by atoms with van der Waals surface area (Å²) < 4.78 is 29.8. The Labute approximate surface area is 293 Å². The number of hydrogen-bond acceptors (Lipinski definition) is 4. The molecule has 0 saturated heterocycles. The molecule has 1 N–H and O–H groups in total. The van der Waals surface area contributed by atoms with E-state index in [1.54, 1.807) is 48.5 Å². The highest BCUT2D eigenvalue weighted by Gasteiger charge is 2.36. The van der Waals surface area contributed by atoms with Crippen LogP contribution in [0.25, 0.3) is 0 Å². The highest BCUT2D eigenvalue weighted by Crippen LogP contribution is 2.31. The number of anilines is 1. The first-order chi connectivity index (χ1) is 23.2. The lowest BCUT2D eigenvalue weighted by Gasteiger charge is -2.35. The van der Waals surface area contributed by atoms with Crippen molar-refractivity contribution < 1.29 is 18.0 Å². The molecule has 0 unspecified atom stereocenters. The van der Waals surface area contributed by atoms with Crippen LogP contribution in [0, 0.1) is 0 Å². The fourth-order valence-electron chi connectivity index (χ4n) is 6.24. The van der Waals surface area contributed by atoms with Crippen LogP contribution in [0.1, 0.15) is 55.7 Å². The zero-order valence-electron chi connectivity index (χ0n) is 27.0. The van der Waals surface area contributed by atoms with Crippen LogP contribution in [0.5, 0.6) is 0 Å². The van der Waals surface area contributed by atoms with Gasteiger partial charge in [-0.2, -0.15) is 0 Å². The number of hydrogen-bond donors (Lipinski definition) is 1. The molecule has 0 heterocycles. The van der Waals surface area contributed by atoms with Gasteiger partial charge >= 0.3 is 0 Å². The van der Waals surface area contributed by atoms with Crippen LogP contribution in [-0.4, -0.2) is 43.8 Å². The van der Waals surface area contributed by atoms with Gasteiger partial charge in [0.25, 0.3) is 10.0 Å². The number of benzene rings is 4. The maximum Gasteiger partial charge on any atom is 0.264 e. The van der Waals surface area contributed by atoms with Crippen molar-refractivity contribution in [2.45, 2.75) is 75.4 Å². The van der Waals surface area contributed by atoms with E-state index in [1.165, 1.54) is 17.0 Å². The van der Waals surface area contributed by atoms with Gasteiger partial charge < -0.3 is 10.2 Å². The first-order valence-electron chi connectivity index (χ1n) is 16.4. The van der Waals surface area contributed by atoms with Crippen LogP contribution in [-0.2, 0) is 39.0 Å². The normalized spacial score (nSPS) is 14.2. The maximum atomic E-state index is 14.8. The predicted octanol–water partition coefficient (Wildman–Crippen LogP) is 7.84. The number of nitrogens with one attached hydrogen (secondary N) is 1. The van der Waals surface area contributed by atoms with Gasteiger partial charge in [0, 0.05) is 34.6 Å². The highest BCUT2D eigenvalue weighted by molar-refractivity contribution is 7.92. The van der Waals surface area contributed by atoms with Crippen molar-refractivity contribution in [3.63, 3.8) is 0 Å². The van der Waals surface area contributed by atoms with Gasteiger partial charge in [0.15, 0.2) is 0 Å². The lowest BCUT2D eigenvalue weighted by molar-refractivity contribution is -0.140. The summed E-state index contributed by atoms with van der Waals surface area (Å²) in [5, 5.41) is 3.91. The van der Waals surface area contributed by atoms with E-state index in [0.717, 1.165) is 47.5 Å². The van der Waals surface area contributed by atoms with E-state index in [1.807, 2.05) is 49.4 Å². The predicted molar refractivity (Wildman–Crippen MR) is 193 cm³/mol. The van der Waals surface area contributed by atoms with Gasteiger partial charge in [-0.15, -0.1) is 0 Å². The van der Waals surface area contributed by atoms with E-state index in [-0.39, 0.29) is 29.8 Å². The molecule has 0 aromatic heterocycles. The average molecular weight is 707 g/mol. The van der Waals surface area contributed by atoms with Crippen LogP contribution in [0.15, 0.2) is 108 Å². The number of carbonyl (C=O) groups excluding carboxylic acids is 2. The van der Waals surface area contributed by atoms with E-state index >= 15 is 0 Å². The molecule has 252 valence electrons. The Morgan fingerprint density at radius 1 is 0.812 bits per heavy atom. The second-order valence-corrected chi connectivity index (χ2v) is 14.8. The van der Waals surface area contributed by atoms with Gasteiger partial charge in [-0.25, -0.2) is 8.42 Å². The van der Waals surface area contributed by atoms with Crippen LogP contribution in [0.2, 0.25) is 10.0 Å². The summed E-state index contributed by atoms with van der Waals surface area (Å²) in [5.41, 5.74) is 2.50. The molecular weight excluding hydrogens is 665 g/mol. The monoisotopic (exact) mass is 705 g/mol. The van der Waals surface area contributed by atoms with Crippen LogP contribution in [0.3, 0.4) is 0 Å². The Morgan fingerprint density at radius 2 is 1.42 bits per heavy atom. The van der Waals surface area contributed by atoms with Gasteiger partial charge in [0.1, 0.15) is 12.6 Å². The van der Waals surface area contributed by atoms with E-state index < -0.39 is 28.5 Å². The van der Waals surface area contributed by atoms with Gasteiger partial charge in [0.2, 0.25) is 11.8 Å². The van der Waals surface area contributed by atoms with Gasteiger partial charge in [0.05, 0.1) is 10.6 Å². The van der Waals surface area contributed by atoms with Crippen LogP contribution in [0.4, 0.5) is 5.69 Å². The van der Waals surface area contributed by atoms with Gasteiger partial charge in [-0.3, -0.25) is 13.9 Å². The number of aryl methyl sites for hydroxylation is 1. The van der Waals surface area contributed by atoms with E-state index in [0.29, 0.717) is 27.7 Å². The van der Waals surface area contributed by atoms with Gasteiger partial charge in [-0.05, 0) is 60.7 Å². The molecule has 2 amide bonds. The van der Waals surface area contributed by atoms with Crippen molar-refractivity contribution in [1.82, 2.24) is 10.2 Å². The molecule has 0 aliphatic heterocycles. The average Bonchev–Trinajstić information content (AvgIpc) is 3.11. The van der Waals surface area contributed by atoms with Gasteiger partial charge in [-0.1, -0.05) is 122 Å². The van der Waals surface area contributed by atoms with Crippen molar-refractivity contribution in [3.05, 3.63) is 130 Å². The Bertz CT molecular complexity index is 1780. The fourth-order valence-corrected chi connectivity index (χ4v) is 8.23. The summed E-state index contributed by atoms with van der Waals surface area (Å²) in [6.45, 7) is 1.30. The molecule has 10 heteroatoms. The van der Waals surface area contributed by atoms with Crippen molar-refractivity contribution in [2.75, 3.05) is 10.8 Å². The highest BCUT2D eigenvalue weighted by atomic mass is 35.5. The fraction of sp³-hybridized carbons (Fsp3) is 0.316. The molecule has 4 aromatic carbocycles. The molecule has 1 aliphatic rings. The molecule has 7 nitrogen and oxygen atoms in total. The zero-order valence-corrected chi connectivity index (χ0v) is 29.4. The Kier molecular flexibility index (Phi) is 12.2. The van der Waals surface area contributed by atoms with Crippen molar-refractivity contribution >= 4 is 50.7 Å². The number of para-hydroxylation sites is 1. The lowest BCUT2D eigenvalue weighted by atomic mass is 9.94. The first-order valence-corrected chi connectivity index (χ1v) is 18.6. The van der Waals surface area contributed by atoms with Crippen molar-refractivity contribution in [3.8, 4) is 0 Å². The Balaban J connectivity index is 1.61. The van der Waals surface area contributed by atoms with Crippen LogP contribution >= 0.6 is 23.2 Å². The molecule has 1 fully saturated rings. The third-order valence-electron chi connectivity index (χ3n) is 8.86. The van der Waals surface area contributed by atoms with Crippen molar-refractivity contribution in [2.24, 2.45) is 0 Å². The summed E-state index contributed by atoms with van der Waals surface area (Å²) >= 11 is 13.3. The number of sulfonamides is 1. The topological polar surface area (TPSA) is 86.8 Å². The maximum absolute atomic E-state index is 14.8. The minimum Gasteiger partial charge on any atom is -0.352 e. The molecular formula is C38H41Cl2N3O4S. The summed E-state index contributed by atoms with van der Waals surface area (Å²) in [4.78, 5) is 30.6. The molecule has 0 radical (unpaired) electrons. The van der Waals surface area contributed by atoms with E-state index in [2.05, 4.69) is 5.32 Å². The molecule has 0 spiro atoms. The molecule has 1 saturated carbocycles. The minimum atomic E-state index is -4.20. The number of rotatable bonds is 13. The number of halogens is 2. The number of carbonyl (C=O) groups is 2. The Morgan fingerprint density at radius 3 is 2.06 bits per heavy atom. The largest absolute Gasteiger partial charge is 0.352 e. The number of nitrogens with zero attached hydrogens (tertiary/aromatic N) is 2. The summed E-state index contributed by atoms with van der Waals surface area (Å²) in [6.07, 6.45) is 5.66. The second-order valence-electron chi connectivity index (χ2n) is 12.1. The molecule has 5 rings (SSSR count). The third-order valence-corrected chi connectivity index (χ3v) is 11.3. The standard InChI is InChI=1S/C38H41Cl2N3O4S/c1-2-29-17-12-13-24-35(29)43(48(46,47)31-20-10-5-11-21-31)27-37(44)42(26-32-33(39)22-14-23-34(32)40)36(25-28-15-6-3-7-16-28)38(45)41-30-18-8-4-9-19-30/h3,5-7,10-17,20-24,30,36H,2,4,8-9,18-19,25-27H2,1H3,(H,41,45)/t36-/m0/s1. The summed E-state index contributed by atoms with van der Waals surface area (Å²) in [5.74, 6) is -0.857. The van der Waals surface area contributed by atoms with Crippen LogP contribution < -0.4 is 9.62 Å². The zero-order chi connectivity index (χ0) is 34.1. The molecule has 0 bridgehead atoms. The third kappa shape index (κ3) is 8.59. The lowest BCUT2D eigenvalue weighted by Crippen LogP contribution is -2.55. The SMILES string of the molecule is CCc1ccccc1N(CC(=O)N(Cc1c(Cl)cccc1Cl)[C@@H](Cc1ccccc1)C(=O)NC1CCCCC1)S(=O)(=O)c1ccccc1. The van der Waals surface area contributed by atoms with E-state index in [4.69, 9.17) is 23.2 Å². The Hall–Kier alpha value is -3.85. The quantitative estimate of drug-likeness (QED) is 0.154. The first kappa shape index (κ1) is 35.5. The molecule has 4 aromatic rings. The summed E-state index contributed by atoms with van der Waals surface area (Å²) in [7, 11) is -4.20. The minimum absolute atomic E-state index is 0.00300. The van der Waals surface area contributed by atoms with Crippen molar-refractivity contribution in [1.29, 1.82) is 0 Å². The second kappa shape index (κ2) is 16.5. The van der Waals surface area contributed by atoms with E-state index in [9.17, 15) is 18.0 Å². The number of amides is 2. The molecule has 48 heavy (non-hydrogen) atoms. The molecule has 1 atom stereocenters. The summed E-state index contributed by atoms with van der Waals surface area (Å²) in [6, 6.07) is 28.8. The molecule has 1 aliphatic carbocycles.